The third-order valence-corrected chi connectivity index (χ3v) is 4.66. The molecule has 0 saturated heterocycles. The van der Waals surface area contributed by atoms with Crippen molar-refractivity contribution in [2.24, 2.45) is 5.16 Å². The minimum absolute atomic E-state index is 0.0512. The lowest BCUT2D eigenvalue weighted by Crippen LogP contribution is -2.38. The van der Waals surface area contributed by atoms with Gasteiger partial charge in [0.1, 0.15) is 17.5 Å². The van der Waals surface area contributed by atoms with Gasteiger partial charge in [0.05, 0.1) is 0 Å². The van der Waals surface area contributed by atoms with Gasteiger partial charge in [-0.2, -0.15) is 0 Å². The lowest BCUT2D eigenvalue weighted by molar-refractivity contribution is -0.129. The molecule has 0 saturated carbocycles. The van der Waals surface area contributed by atoms with E-state index < -0.39 is 17.7 Å². The number of carbonyl (C=O) groups is 2. The summed E-state index contributed by atoms with van der Waals surface area (Å²) in [5.41, 5.74) is -0.572. The average Bonchev–Trinajstić information content (AvgIpc) is 3.16. The molecule has 1 aliphatic rings. The van der Waals surface area contributed by atoms with Gasteiger partial charge in [-0.3, -0.25) is 4.90 Å². The zero-order valence-electron chi connectivity index (χ0n) is 17.5. The van der Waals surface area contributed by atoms with Crippen LogP contribution < -0.4 is 4.90 Å². The van der Waals surface area contributed by atoms with Gasteiger partial charge in [-0.1, -0.05) is 29.4 Å². The van der Waals surface area contributed by atoms with E-state index >= 15 is 0 Å². The molecule has 0 spiro atoms. The first-order valence-electron chi connectivity index (χ1n) is 10.0. The molecule has 1 atom stereocenters. The number of ether oxygens (including phenoxy) is 1. The fraction of sp³-hybridized carbons (Fsp3) is 0.455. The summed E-state index contributed by atoms with van der Waals surface area (Å²) >= 11 is 0. The van der Waals surface area contributed by atoms with Crippen molar-refractivity contribution in [3.05, 3.63) is 36.5 Å². The quantitative estimate of drug-likeness (QED) is 0.676. The van der Waals surface area contributed by atoms with E-state index in [9.17, 15) is 9.59 Å². The Labute approximate surface area is 175 Å². The van der Waals surface area contributed by atoms with Gasteiger partial charge in [-0.05, 0) is 51.5 Å². The molecule has 8 heteroatoms. The number of rotatable bonds is 7. The van der Waals surface area contributed by atoms with Gasteiger partial charge in [0.25, 0.3) is 0 Å². The zero-order chi connectivity index (χ0) is 21.7. The van der Waals surface area contributed by atoms with E-state index in [0.29, 0.717) is 31.6 Å². The number of unbranched alkanes of at least 4 members (excludes halogenated alkanes) is 1. The maximum atomic E-state index is 12.9. The summed E-state index contributed by atoms with van der Waals surface area (Å²) in [5, 5.41) is 14.4. The largest absolute Gasteiger partial charge is 0.477 e. The lowest BCUT2D eigenvalue weighted by atomic mass is 10.1. The molecule has 0 aliphatic carbocycles. The number of nitrogens with zero attached hydrogens (tertiary/aromatic N) is 3. The normalized spacial score (nSPS) is 16.1. The summed E-state index contributed by atoms with van der Waals surface area (Å²) in [6.07, 6.45) is 3.40. The van der Waals surface area contributed by atoms with Gasteiger partial charge < -0.3 is 14.7 Å². The van der Waals surface area contributed by atoms with Crippen LogP contribution in [0.5, 0.6) is 0 Å². The van der Waals surface area contributed by atoms with E-state index in [1.807, 2.05) is 51.1 Å². The predicted molar refractivity (Wildman–Crippen MR) is 114 cm³/mol. The third kappa shape index (κ3) is 5.46. The van der Waals surface area contributed by atoms with Gasteiger partial charge in [0.15, 0.2) is 5.71 Å². The Morgan fingerprint density at radius 3 is 2.70 bits per heavy atom. The predicted octanol–water partition coefficient (Wildman–Crippen LogP) is 4.38. The fourth-order valence-corrected chi connectivity index (χ4v) is 3.27. The molecule has 1 N–H and O–H groups in total. The Balaban J connectivity index is 1.68. The molecular formula is C22H27N3O5. The van der Waals surface area contributed by atoms with Crippen LogP contribution in [0.3, 0.4) is 0 Å². The van der Waals surface area contributed by atoms with Gasteiger partial charge in [-0.15, -0.1) is 0 Å². The number of benzene rings is 1. The molecule has 1 amide bonds. The summed E-state index contributed by atoms with van der Waals surface area (Å²) in [6, 6.07) is 9.68. The minimum atomic E-state index is -1.05. The van der Waals surface area contributed by atoms with Gasteiger partial charge >= 0.3 is 12.1 Å². The molecule has 0 fully saturated rings. The molecule has 2 heterocycles. The second kappa shape index (κ2) is 9.11. The van der Waals surface area contributed by atoms with Crippen LogP contribution in [0.15, 0.2) is 41.7 Å². The summed E-state index contributed by atoms with van der Waals surface area (Å²) in [7, 11) is 0. The molecule has 3 rings (SSSR count). The molecular weight excluding hydrogens is 386 g/mol. The molecule has 1 unspecified atom stereocenters. The van der Waals surface area contributed by atoms with Gasteiger partial charge in [0, 0.05) is 24.5 Å². The fourth-order valence-electron chi connectivity index (χ4n) is 3.27. The summed E-state index contributed by atoms with van der Waals surface area (Å²) in [6.45, 7) is 5.92. The van der Waals surface area contributed by atoms with Crippen LogP contribution in [0, 0.1) is 0 Å². The number of anilines is 1. The number of carbonyl (C=O) groups excluding carboxylic acids is 1. The molecule has 1 aromatic heterocycles. The summed E-state index contributed by atoms with van der Waals surface area (Å²) in [5.74, 6) is -0.480. The van der Waals surface area contributed by atoms with Crippen molar-refractivity contribution in [2.45, 2.75) is 58.2 Å². The Kier molecular flexibility index (Phi) is 6.54. The first-order valence-corrected chi connectivity index (χ1v) is 10.0. The molecule has 1 aliphatic heterocycles. The average molecular weight is 413 g/mol. The molecule has 0 radical (unpaired) electrons. The number of carboxylic acid groups (broad SMARTS) is 1. The highest BCUT2D eigenvalue weighted by Crippen LogP contribution is 2.26. The van der Waals surface area contributed by atoms with E-state index in [-0.39, 0.29) is 11.8 Å². The maximum absolute atomic E-state index is 12.9. The molecule has 1 aromatic carbocycles. The summed E-state index contributed by atoms with van der Waals surface area (Å²) < 4.78 is 5.61. The third-order valence-electron chi connectivity index (χ3n) is 4.66. The first-order chi connectivity index (χ1) is 14.2. The number of amides is 1. The van der Waals surface area contributed by atoms with Crippen LogP contribution in [0.25, 0.3) is 10.8 Å². The van der Waals surface area contributed by atoms with Gasteiger partial charge in [0.2, 0.25) is 0 Å². The molecule has 30 heavy (non-hydrogen) atoms. The van der Waals surface area contributed by atoms with Crippen molar-refractivity contribution in [3.63, 3.8) is 0 Å². The number of pyridine rings is 1. The molecule has 0 bridgehead atoms. The highest BCUT2D eigenvalue weighted by atomic mass is 16.6. The number of aliphatic carboxylic acids is 1. The van der Waals surface area contributed by atoms with E-state index in [1.54, 1.807) is 11.1 Å². The first kappa shape index (κ1) is 21.5. The van der Waals surface area contributed by atoms with Crippen molar-refractivity contribution in [2.75, 3.05) is 11.4 Å². The van der Waals surface area contributed by atoms with Crippen LogP contribution in [0.1, 0.15) is 46.5 Å². The monoisotopic (exact) mass is 413 g/mol. The molecule has 8 nitrogen and oxygen atoms in total. The van der Waals surface area contributed by atoms with Crippen molar-refractivity contribution < 1.29 is 24.3 Å². The van der Waals surface area contributed by atoms with Crippen LogP contribution in [-0.4, -0.2) is 46.1 Å². The lowest BCUT2D eigenvalue weighted by Gasteiger charge is -2.27. The van der Waals surface area contributed by atoms with Crippen LogP contribution in [0.2, 0.25) is 0 Å². The maximum Gasteiger partial charge on any atom is 0.416 e. The number of aromatic nitrogens is 1. The van der Waals surface area contributed by atoms with Crippen LogP contribution in [-0.2, 0) is 14.4 Å². The topological polar surface area (TPSA) is 101 Å². The van der Waals surface area contributed by atoms with Crippen LogP contribution >= 0.6 is 0 Å². The van der Waals surface area contributed by atoms with Crippen LogP contribution in [0.4, 0.5) is 10.6 Å². The minimum Gasteiger partial charge on any atom is -0.477 e. The second-order valence-corrected chi connectivity index (χ2v) is 8.26. The molecule has 2 aromatic rings. The number of fused-ring (bicyclic) bond motifs is 1. The smallest absolute Gasteiger partial charge is 0.416 e. The van der Waals surface area contributed by atoms with Crippen molar-refractivity contribution in [1.82, 2.24) is 4.98 Å². The SMILES string of the molecule is CC(C)(C)OC(=O)N(CCCCC1CC(C(=O)O)=NO1)c1nccc2ccccc12. The van der Waals surface area contributed by atoms with E-state index in [2.05, 4.69) is 10.1 Å². The Morgan fingerprint density at radius 1 is 1.23 bits per heavy atom. The standard InChI is InChI=1S/C22H27N3O5/c1-22(2,3)29-21(28)25(19-17-10-5-4-8-15(17)11-12-23-19)13-7-6-9-16-14-18(20(26)27)24-30-16/h4-5,8,10-12,16H,6-7,9,13-14H2,1-3H3,(H,26,27). The highest BCUT2D eigenvalue weighted by molar-refractivity contribution is 6.35. The van der Waals surface area contributed by atoms with E-state index in [4.69, 9.17) is 14.7 Å². The van der Waals surface area contributed by atoms with Crippen molar-refractivity contribution in [3.8, 4) is 0 Å². The second-order valence-electron chi connectivity index (χ2n) is 8.26. The highest BCUT2D eigenvalue weighted by Gasteiger charge is 2.27. The van der Waals surface area contributed by atoms with E-state index in [0.717, 1.165) is 17.2 Å². The van der Waals surface area contributed by atoms with Crippen molar-refractivity contribution in [1.29, 1.82) is 0 Å². The Bertz CT molecular complexity index is 946. The van der Waals surface area contributed by atoms with Crippen molar-refractivity contribution >= 4 is 34.4 Å². The Hall–Kier alpha value is -3.16. The zero-order valence-corrected chi connectivity index (χ0v) is 17.5. The molecule has 160 valence electrons. The number of carboxylic acids is 1. The number of hydrogen-bond donors (Lipinski definition) is 1. The van der Waals surface area contributed by atoms with Gasteiger partial charge in [-0.25, -0.2) is 14.6 Å². The number of hydrogen-bond acceptors (Lipinski definition) is 6. The van der Waals surface area contributed by atoms with E-state index in [1.165, 1.54) is 0 Å². The Morgan fingerprint density at radius 2 is 2.00 bits per heavy atom. The number of oxime groups is 1. The summed E-state index contributed by atoms with van der Waals surface area (Å²) in [4.78, 5) is 35.1.